The molecule has 15 rings (SSSR count). The molecule has 5 aromatic carbocycles. The van der Waals surface area contributed by atoms with Gasteiger partial charge >= 0.3 is 29.8 Å². The van der Waals surface area contributed by atoms with Gasteiger partial charge < -0.3 is 61.3 Å². The maximum absolute atomic E-state index is 11.4. The first-order chi connectivity index (χ1) is 64.5. The molecule has 12 N–H and O–H groups in total. The summed E-state index contributed by atoms with van der Waals surface area (Å²) in [6.07, 6.45) is 66.7. The summed E-state index contributed by atoms with van der Waals surface area (Å²) in [7, 11) is 0. The van der Waals surface area contributed by atoms with Crippen LogP contribution in [-0.2, 0) is 88.2 Å². The van der Waals surface area contributed by atoms with Gasteiger partial charge in [-0.15, -0.1) is 0 Å². The van der Waals surface area contributed by atoms with Crippen molar-refractivity contribution in [1.29, 1.82) is 0 Å². The van der Waals surface area contributed by atoms with Crippen LogP contribution >= 0.6 is 0 Å². The van der Waals surface area contributed by atoms with E-state index in [0.717, 1.165) is 229 Å². The largest absolute Gasteiger partial charge is 0.508 e. The van der Waals surface area contributed by atoms with Crippen LogP contribution in [0.1, 0.15) is 508 Å². The summed E-state index contributed by atoms with van der Waals surface area (Å²) >= 11 is 0. The molecule has 0 saturated heterocycles. The second-order valence-corrected chi connectivity index (χ2v) is 47.7. The zero-order valence-electron chi connectivity index (χ0n) is 86.0. The predicted molar refractivity (Wildman–Crippen MR) is 585 cm³/mol. The average molecular weight is 1980 g/mol. The lowest BCUT2D eigenvalue weighted by Crippen LogP contribution is -2.14. The van der Waals surface area contributed by atoms with E-state index in [1.54, 1.807) is 34.4 Å². The number of phenolic OH excluding ortho intramolecular Hbond substituents is 7. The summed E-state index contributed by atoms with van der Waals surface area (Å²) in [4.78, 5) is 56.5. The van der Waals surface area contributed by atoms with E-state index in [1.807, 2.05) is 6.07 Å². The molecule has 0 bridgehead atoms. The van der Waals surface area contributed by atoms with Gasteiger partial charge in [0.05, 0.1) is 27.1 Å². The number of unbranched alkanes of at least 4 members (excludes halogenated alkanes) is 13. The third-order valence-corrected chi connectivity index (χ3v) is 35.7. The molecule has 17 heteroatoms. The van der Waals surface area contributed by atoms with Gasteiger partial charge in [0.2, 0.25) is 5.75 Å². The third kappa shape index (κ3) is 36.6. The summed E-state index contributed by atoms with van der Waals surface area (Å²) in [5.41, 5.74) is 21.2. The number of benzene rings is 5. The molecule has 0 aliphatic heterocycles. The fourth-order valence-electron chi connectivity index (χ4n) is 22.0. The molecule has 0 unspecified atom stereocenters. The van der Waals surface area contributed by atoms with Crippen molar-refractivity contribution in [2.24, 2.45) is 54.1 Å². The van der Waals surface area contributed by atoms with Crippen molar-refractivity contribution < 1.29 is 85.3 Å². The first kappa shape index (κ1) is 125. The molecule has 10 fully saturated rings. The van der Waals surface area contributed by atoms with E-state index in [2.05, 4.69) is 94.4 Å². The van der Waals surface area contributed by atoms with Crippen molar-refractivity contribution in [3.63, 3.8) is 0 Å². The summed E-state index contributed by atoms with van der Waals surface area (Å²) in [5.74, 6) is -4.07. The lowest BCUT2D eigenvalue weighted by atomic mass is 9.86. The molecule has 10 saturated carbocycles. The highest BCUT2D eigenvalue weighted by molar-refractivity contribution is 5.79. The number of aliphatic carboxylic acids is 5. The molecule has 0 amide bonds. The van der Waals surface area contributed by atoms with E-state index in [-0.39, 0.29) is 84.1 Å². The van der Waals surface area contributed by atoms with Gasteiger partial charge in [0.1, 0.15) is 11.5 Å². The van der Waals surface area contributed by atoms with Crippen LogP contribution in [0.15, 0.2) is 42.5 Å². The molecular formula is C125H202O17. The summed E-state index contributed by atoms with van der Waals surface area (Å²) < 4.78 is 0. The Hall–Kier alpha value is -7.95. The number of hydrogen-bond donors (Lipinski definition) is 12. The Morgan fingerprint density at radius 2 is 0.493 bits per heavy atom. The van der Waals surface area contributed by atoms with Gasteiger partial charge in [-0.2, -0.15) is 0 Å². The Labute approximate surface area is 861 Å². The van der Waals surface area contributed by atoms with E-state index in [9.17, 15) is 85.3 Å². The number of phenols is 7. The fourth-order valence-corrected chi connectivity index (χ4v) is 22.0. The number of carbonyl (C=O) groups is 5. The molecular weight excluding hydrogens is 1770 g/mol. The molecule has 142 heavy (non-hydrogen) atoms. The molecule has 804 valence electrons. The Balaban J connectivity index is 0.000000309. The average Bonchev–Trinajstić information content (AvgIpc) is 1.59. The van der Waals surface area contributed by atoms with Crippen LogP contribution in [-0.4, -0.2) is 91.1 Å². The number of carboxylic acid groups (broad SMARTS) is 5. The number of carboxylic acids is 5. The first-order valence-electron chi connectivity index (χ1n) is 54.1. The number of rotatable bonds is 58. The smallest absolute Gasteiger partial charge is 0.309 e. The molecule has 0 atom stereocenters. The normalized spacial score (nSPS) is 18.2. The molecule has 17 nitrogen and oxygen atoms in total. The topological polar surface area (TPSA) is 328 Å². The highest BCUT2D eigenvalue weighted by Gasteiger charge is 2.53. The van der Waals surface area contributed by atoms with Gasteiger partial charge in [-0.25, -0.2) is 0 Å². The van der Waals surface area contributed by atoms with Gasteiger partial charge in [0.15, 0.2) is 23.0 Å². The van der Waals surface area contributed by atoms with Crippen LogP contribution < -0.4 is 0 Å². The predicted octanol–water partition coefficient (Wildman–Crippen LogP) is 33.7. The van der Waals surface area contributed by atoms with E-state index < -0.39 is 51.8 Å². The minimum atomic E-state index is -0.703. The van der Waals surface area contributed by atoms with Crippen LogP contribution in [0.2, 0.25) is 0 Å². The SMILES string of the molecule is C.C.C.C.C.C.CC1(CCCCCCc2cccc(O)c2CCCCCC2(C(=O)O)CC2)CC1.CC1(CCCCc2c(O)cc(O)c(O)c2CCCCC2(C(=O)O)CC2)CC1.CC1(CCCCc2cc(O)c(O)c(O)c2CCCCC2(C(=O)O)CC2)CC1.Cc1cc(C)c(CCCCC2(C)CC2)c(CCCCC2(C(=O)O)CC2)c1C.Cc1cc(CCCCC2(C)CC2)c(CCCCC2(C(=O)O)CC2)c(C)c1C. The van der Waals surface area contributed by atoms with Crippen molar-refractivity contribution in [2.45, 2.75) is 525 Å². The standard InChI is InChI=1S/C25H38O3.2C25H38O2.2C22H32O5.6CH4/c1-24(16-17-24)14-7-3-2-5-10-20-11-9-13-22(26)21(20)12-6-4-8-15-25(18-19-25)23(27)28;1-18-17-21(9-5-7-11-24(4)13-14-24)22(20(3)19(18)2)10-6-8-12-25(15-16-25)23(26)27;1-18-17-19(2)21(9-5-7-11-24(4)13-14-24)22(20(18)3)10-6-8-12-25(15-16-25)23(26)27;1-21(10-11-21)8-4-2-6-15-16(19(25)18(24)14-17(15)23)7-3-5-9-22(12-13-22)20(26)27;1-21(10-11-21)8-4-2-6-15-14-17(23)19(25)18(24)16(15)7-3-5-9-22(12-13-22)20(26)27;;;;;;/h9,11,13,26H,2-8,10,12,14-19H2,1H3,(H,27,28);2*17H,5-16H2,1-4H3,(H,26,27);2*14,23-25H,2-13H2,1H3,(H,26,27);6*1H4. The second kappa shape index (κ2) is 54.6. The number of aryl methyl sites for hydroxylation is 6. The van der Waals surface area contributed by atoms with Crippen molar-refractivity contribution in [3.05, 3.63) is 131 Å². The minimum absolute atomic E-state index is 0. The molecule has 10 aliphatic carbocycles. The highest BCUT2D eigenvalue weighted by Crippen LogP contribution is 2.58. The summed E-state index contributed by atoms with van der Waals surface area (Å²) in [6.45, 7) is 25.5. The van der Waals surface area contributed by atoms with Crippen LogP contribution in [0.3, 0.4) is 0 Å². The van der Waals surface area contributed by atoms with E-state index in [4.69, 9.17) is 0 Å². The van der Waals surface area contributed by atoms with Crippen LogP contribution in [0.25, 0.3) is 0 Å². The Morgan fingerprint density at radius 1 is 0.218 bits per heavy atom. The third-order valence-electron chi connectivity index (χ3n) is 35.7. The Morgan fingerprint density at radius 3 is 0.873 bits per heavy atom. The van der Waals surface area contributed by atoms with Crippen molar-refractivity contribution in [2.75, 3.05) is 0 Å². The lowest BCUT2D eigenvalue weighted by molar-refractivity contribution is -0.144. The Bertz CT molecular complexity index is 4600. The maximum atomic E-state index is 11.4. The van der Waals surface area contributed by atoms with Crippen molar-refractivity contribution in [1.82, 2.24) is 0 Å². The van der Waals surface area contributed by atoms with Gasteiger partial charge in [-0.1, -0.05) is 187 Å². The van der Waals surface area contributed by atoms with Crippen molar-refractivity contribution in [3.8, 4) is 40.2 Å². The van der Waals surface area contributed by atoms with Crippen LogP contribution in [0.4, 0.5) is 0 Å². The fraction of sp³-hybridized carbons (Fsp3) is 0.720. The Kier molecular flexibility index (Phi) is 47.9. The second-order valence-electron chi connectivity index (χ2n) is 47.7. The number of aromatic hydroxyl groups is 7. The van der Waals surface area contributed by atoms with Crippen molar-refractivity contribution >= 4 is 29.8 Å². The molecule has 0 spiro atoms. The maximum Gasteiger partial charge on any atom is 0.309 e. The highest BCUT2D eigenvalue weighted by atomic mass is 16.4. The van der Waals surface area contributed by atoms with E-state index >= 15 is 0 Å². The molecule has 0 radical (unpaired) electrons. The molecule has 10 aliphatic rings. The van der Waals surface area contributed by atoms with Gasteiger partial charge in [0, 0.05) is 22.8 Å². The summed E-state index contributed by atoms with van der Waals surface area (Å²) in [6, 6.07) is 13.5. The zero-order chi connectivity index (χ0) is 98.7. The molecule has 0 heterocycles. The molecule has 5 aromatic rings. The van der Waals surface area contributed by atoms with Gasteiger partial charge in [0.25, 0.3) is 0 Å². The van der Waals surface area contributed by atoms with Crippen LogP contribution in [0.5, 0.6) is 40.2 Å². The minimum Gasteiger partial charge on any atom is -0.508 e. The lowest BCUT2D eigenvalue weighted by Gasteiger charge is -2.19. The number of hydrogen-bond acceptors (Lipinski definition) is 12. The van der Waals surface area contributed by atoms with Gasteiger partial charge in [-0.3, -0.25) is 24.0 Å². The van der Waals surface area contributed by atoms with E-state index in [0.29, 0.717) is 76.1 Å². The zero-order valence-corrected chi connectivity index (χ0v) is 86.0. The molecule has 0 aromatic heterocycles. The van der Waals surface area contributed by atoms with Crippen LogP contribution in [0, 0.1) is 95.7 Å². The van der Waals surface area contributed by atoms with E-state index in [1.165, 1.54) is 206 Å². The van der Waals surface area contributed by atoms with Gasteiger partial charge in [-0.05, 0) is 474 Å². The summed E-state index contributed by atoms with van der Waals surface area (Å²) in [5, 5.41) is 117. The first-order valence-corrected chi connectivity index (χ1v) is 54.1. The quantitative estimate of drug-likeness (QED) is 0.00977. The monoisotopic (exact) mass is 1980 g/mol.